The molecule has 2 aromatic rings. The van der Waals surface area contributed by atoms with Crippen molar-refractivity contribution < 1.29 is 9.18 Å². The first-order valence-corrected chi connectivity index (χ1v) is 5.92. The summed E-state index contributed by atoms with van der Waals surface area (Å²) in [5.41, 5.74) is 1.91. The lowest BCUT2D eigenvalue weighted by Gasteiger charge is -2.03. The van der Waals surface area contributed by atoms with Crippen LogP contribution in [0, 0.1) is 5.82 Å². The largest absolute Gasteiger partial charge is 0.294 e. The highest BCUT2D eigenvalue weighted by Crippen LogP contribution is 2.10. The number of pyridine rings is 1. The SMILES string of the molecule is CCc1ccc(CC(=O)c2ccccc2F)nc1. The van der Waals surface area contributed by atoms with Gasteiger partial charge < -0.3 is 0 Å². The van der Waals surface area contributed by atoms with E-state index in [0.717, 1.165) is 12.0 Å². The van der Waals surface area contributed by atoms with E-state index in [-0.39, 0.29) is 17.8 Å². The molecule has 0 amide bonds. The quantitative estimate of drug-likeness (QED) is 0.772. The van der Waals surface area contributed by atoms with Crippen LogP contribution in [0.5, 0.6) is 0 Å². The zero-order valence-electron chi connectivity index (χ0n) is 10.2. The van der Waals surface area contributed by atoms with Crippen molar-refractivity contribution in [3.05, 3.63) is 65.2 Å². The number of hydrogen-bond acceptors (Lipinski definition) is 2. The highest BCUT2D eigenvalue weighted by molar-refractivity contribution is 5.97. The van der Waals surface area contributed by atoms with E-state index in [1.807, 2.05) is 19.1 Å². The van der Waals surface area contributed by atoms with E-state index in [0.29, 0.717) is 5.69 Å². The molecule has 2 nitrogen and oxygen atoms in total. The average Bonchev–Trinajstić information content (AvgIpc) is 2.40. The van der Waals surface area contributed by atoms with Crippen molar-refractivity contribution in [1.82, 2.24) is 4.98 Å². The fraction of sp³-hybridized carbons (Fsp3) is 0.200. The molecule has 0 aliphatic heterocycles. The standard InChI is InChI=1S/C15H14FNO/c1-2-11-7-8-12(17-10-11)9-15(18)13-5-3-4-6-14(13)16/h3-8,10H,2,9H2,1H3. The number of nitrogens with zero attached hydrogens (tertiary/aromatic N) is 1. The number of aryl methyl sites for hydroxylation is 1. The normalized spacial score (nSPS) is 10.3. The molecule has 0 atom stereocenters. The third kappa shape index (κ3) is 2.80. The lowest BCUT2D eigenvalue weighted by molar-refractivity contribution is 0.0988. The Morgan fingerprint density at radius 2 is 2.00 bits per heavy atom. The number of hydrogen-bond donors (Lipinski definition) is 0. The molecule has 3 heteroatoms. The summed E-state index contributed by atoms with van der Waals surface area (Å²) in [7, 11) is 0. The Balaban J connectivity index is 2.14. The molecular formula is C15H14FNO. The summed E-state index contributed by atoms with van der Waals surface area (Å²) < 4.78 is 13.4. The Hall–Kier alpha value is -2.03. The zero-order valence-corrected chi connectivity index (χ0v) is 10.2. The maximum Gasteiger partial charge on any atom is 0.171 e. The molecule has 0 unspecified atom stereocenters. The number of benzene rings is 1. The Morgan fingerprint density at radius 1 is 1.22 bits per heavy atom. The van der Waals surface area contributed by atoms with Gasteiger partial charge in [0.15, 0.2) is 5.78 Å². The molecule has 1 aromatic heterocycles. The number of rotatable bonds is 4. The number of carbonyl (C=O) groups is 1. The lowest BCUT2D eigenvalue weighted by Crippen LogP contribution is -2.07. The molecule has 0 saturated carbocycles. The zero-order chi connectivity index (χ0) is 13.0. The fourth-order valence-electron chi connectivity index (χ4n) is 1.72. The Bertz CT molecular complexity index is 549. The first kappa shape index (κ1) is 12.4. The molecule has 0 fully saturated rings. The van der Waals surface area contributed by atoms with Gasteiger partial charge >= 0.3 is 0 Å². The summed E-state index contributed by atoms with van der Waals surface area (Å²) >= 11 is 0. The Labute approximate surface area is 105 Å². The van der Waals surface area contributed by atoms with E-state index >= 15 is 0 Å². The molecule has 0 spiro atoms. The van der Waals surface area contributed by atoms with Gasteiger partial charge in [0.25, 0.3) is 0 Å². The van der Waals surface area contributed by atoms with Gasteiger partial charge in [-0.3, -0.25) is 9.78 Å². The number of carbonyl (C=O) groups excluding carboxylic acids is 1. The molecule has 1 aromatic carbocycles. The third-order valence-corrected chi connectivity index (χ3v) is 2.81. The van der Waals surface area contributed by atoms with Crippen molar-refractivity contribution in [2.75, 3.05) is 0 Å². The van der Waals surface area contributed by atoms with Crippen molar-refractivity contribution in [2.24, 2.45) is 0 Å². The van der Waals surface area contributed by atoms with Gasteiger partial charge in [0, 0.05) is 11.9 Å². The summed E-state index contributed by atoms with van der Waals surface area (Å²) in [5, 5.41) is 0. The predicted molar refractivity (Wildman–Crippen MR) is 68.0 cm³/mol. The van der Waals surface area contributed by atoms with Crippen LogP contribution in [0.25, 0.3) is 0 Å². The lowest BCUT2D eigenvalue weighted by atomic mass is 10.1. The van der Waals surface area contributed by atoms with E-state index < -0.39 is 5.82 Å². The maximum atomic E-state index is 13.4. The van der Waals surface area contributed by atoms with Crippen LogP contribution in [0.15, 0.2) is 42.6 Å². The minimum Gasteiger partial charge on any atom is -0.294 e. The minimum absolute atomic E-state index is 0.124. The topological polar surface area (TPSA) is 30.0 Å². The van der Waals surface area contributed by atoms with Crippen LogP contribution in [0.1, 0.15) is 28.5 Å². The summed E-state index contributed by atoms with van der Waals surface area (Å²) in [6.07, 6.45) is 2.80. The monoisotopic (exact) mass is 243 g/mol. The molecular weight excluding hydrogens is 229 g/mol. The van der Waals surface area contributed by atoms with E-state index in [9.17, 15) is 9.18 Å². The highest BCUT2D eigenvalue weighted by Gasteiger charge is 2.11. The first-order chi connectivity index (χ1) is 8.70. The molecule has 92 valence electrons. The smallest absolute Gasteiger partial charge is 0.171 e. The molecule has 2 rings (SSSR count). The van der Waals surface area contributed by atoms with Crippen molar-refractivity contribution in [1.29, 1.82) is 0 Å². The molecule has 0 aliphatic carbocycles. The van der Waals surface area contributed by atoms with Gasteiger partial charge in [0.05, 0.1) is 12.0 Å². The molecule has 0 radical (unpaired) electrons. The first-order valence-electron chi connectivity index (χ1n) is 5.92. The van der Waals surface area contributed by atoms with Crippen LogP contribution >= 0.6 is 0 Å². The molecule has 0 saturated heterocycles. The molecule has 18 heavy (non-hydrogen) atoms. The average molecular weight is 243 g/mol. The molecule has 0 aliphatic rings. The van der Waals surface area contributed by atoms with E-state index in [2.05, 4.69) is 4.98 Å². The van der Waals surface area contributed by atoms with Gasteiger partial charge in [0.1, 0.15) is 5.82 Å². The van der Waals surface area contributed by atoms with Crippen molar-refractivity contribution in [3.63, 3.8) is 0 Å². The second kappa shape index (κ2) is 5.54. The third-order valence-electron chi connectivity index (χ3n) is 2.81. The maximum absolute atomic E-state index is 13.4. The van der Waals surface area contributed by atoms with E-state index in [1.165, 1.54) is 12.1 Å². The van der Waals surface area contributed by atoms with Gasteiger partial charge in [-0.05, 0) is 30.2 Å². The minimum atomic E-state index is -0.479. The number of ketones is 1. The summed E-state index contributed by atoms with van der Waals surface area (Å²) in [4.78, 5) is 16.1. The second-order valence-electron chi connectivity index (χ2n) is 4.09. The predicted octanol–water partition coefficient (Wildman–Crippen LogP) is 3.21. The molecule has 0 bridgehead atoms. The van der Waals surface area contributed by atoms with Crippen LogP contribution < -0.4 is 0 Å². The molecule has 1 heterocycles. The Morgan fingerprint density at radius 3 is 2.61 bits per heavy atom. The van der Waals surface area contributed by atoms with Crippen LogP contribution in [0.4, 0.5) is 4.39 Å². The van der Waals surface area contributed by atoms with Gasteiger partial charge in [-0.1, -0.05) is 25.1 Å². The van der Waals surface area contributed by atoms with Crippen LogP contribution in [-0.2, 0) is 12.8 Å². The number of Topliss-reactive ketones (excluding diaryl/α,β-unsaturated/α-hetero) is 1. The number of halogens is 1. The van der Waals surface area contributed by atoms with E-state index in [4.69, 9.17) is 0 Å². The van der Waals surface area contributed by atoms with Gasteiger partial charge in [0.2, 0.25) is 0 Å². The van der Waals surface area contributed by atoms with Crippen LogP contribution in [0.3, 0.4) is 0 Å². The van der Waals surface area contributed by atoms with Gasteiger partial charge in [-0.15, -0.1) is 0 Å². The van der Waals surface area contributed by atoms with Gasteiger partial charge in [-0.25, -0.2) is 4.39 Å². The van der Waals surface area contributed by atoms with Crippen molar-refractivity contribution in [3.8, 4) is 0 Å². The van der Waals surface area contributed by atoms with Crippen molar-refractivity contribution in [2.45, 2.75) is 19.8 Å². The highest BCUT2D eigenvalue weighted by atomic mass is 19.1. The van der Waals surface area contributed by atoms with Crippen LogP contribution in [0.2, 0.25) is 0 Å². The molecule has 0 N–H and O–H groups in total. The Kier molecular flexibility index (Phi) is 3.82. The summed E-state index contributed by atoms with van der Waals surface area (Å²) in [6, 6.07) is 9.78. The van der Waals surface area contributed by atoms with E-state index in [1.54, 1.807) is 18.3 Å². The fourth-order valence-corrected chi connectivity index (χ4v) is 1.72. The summed E-state index contributed by atoms with van der Waals surface area (Å²) in [6.45, 7) is 2.04. The van der Waals surface area contributed by atoms with Crippen LogP contribution in [-0.4, -0.2) is 10.8 Å². The van der Waals surface area contributed by atoms with Gasteiger partial charge in [-0.2, -0.15) is 0 Å². The second-order valence-corrected chi connectivity index (χ2v) is 4.09. The summed E-state index contributed by atoms with van der Waals surface area (Å²) in [5.74, 6) is -0.725. The number of aromatic nitrogens is 1. The van der Waals surface area contributed by atoms with Crippen molar-refractivity contribution >= 4 is 5.78 Å².